The summed E-state index contributed by atoms with van der Waals surface area (Å²) < 4.78 is 2.26. The predicted octanol–water partition coefficient (Wildman–Crippen LogP) is 3.56. The Hall–Kier alpha value is -1.78. The fourth-order valence-electron chi connectivity index (χ4n) is 3.85. The maximum absolute atomic E-state index is 12.9. The number of amides is 1. The fourth-order valence-corrected chi connectivity index (χ4v) is 3.85. The van der Waals surface area contributed by atoms with Crippen molar-refractivity contribution in [3.63, 3.8) is 0 Å². The second-order valence-corrected chi connectivity index (χ2v) is 6.88. The minimum Gasteiger partial charge on any atom is -0.341 e. The standard InChI is InChI=1S/C20H27N3O.ClH/c1-14-11-19(20(24)22-10-9-17(12-21)13-22)16(3)23(14)15(2)18-7-5-4-6-8-18;/h4-8,11,15,17H,9-10,12-13,21H2,1-3H3;1H. The molecule has 0 saturated carbocycles. The lowest BCUT2D eigenvalue weighted by atomic mass is 10.1. The average Bonchev–Trinajstić information content (AvgIpc) is 3.19. The van der Waals surface area contributed by atoms with Crippen molar-refractivity contribution in [3.8, 4) is 0 Å². The molecule has 25 heavy (non-hydrogen) atoms. The third-order valence-corrected chi connectivity index (χ3v) is 5.29. The number of carbonyl (C=O) groups is 1. The normalized spacial score (nSPS) is 18.1. The molecule has 136 valence electrons. The Bertz CT molecular complexity index is 726. The van der Waals surface area contributed by atoms with Gasteiger partial charge >= 0.3 is 0 Å². The second kappa shape index (κ2) is 8.07. The van der Waals surface area contributed by atoms with E-state index in [0.717, 1.165) is 36.5 Å². The van der Waals surface area contributed by atoms with Gasteiger partial charge in [-0.1, -0.05) is 30.3 Å². The van der Waals surface area contributed by atoms with Gasteiger partial charge in [0.25, 0.3) is 5.91 Å². The molecule has 1 fully saturated rings. The van der Waals surface area contributed by atoms with Gasteiger partial charge in [-0.2, -0.15) is 0 Å². The van der Waals surface area contributed by atoms with Gasteiger partial charge in [-0.05, 0) is 51.3 Å². The zero-order valence-corrected chi connectivity index (χ0v) is 16.1. The molecule has 1 aliphatic heterocycles. The predicted molar refractivity (Wildman–Crippen MR) is 104 cm³/mol. The van der Waals surface area contributed by atoms with Crippen LogP contribution in [0.4, 0.5) is 0 Å². The van der Waals surface area contributed by atoms with Gasteiger partial charge in [0, 0.05) is 24.5 Å². The average molecular weight is 362 g/mol. The van der Waals surface area contributed by atoms with Crippen LogP contribution < -0.4 is 5.73 Å². The number of nitrogens with zero attached hydrogens (tertiary/aromatic N) is 2. The highest BCUT2D eigenvalue weighted by atomic mass is 35.5. The first kappa shape index (κ1) is 19.5. The molecule has 2 atom stereocenters. The van der Waals surface area contributed by atoms with E-state index in [1.165, 1.54) is 5.56 Å². The molecule has 0 bridgehead atoms. The van der Waals surface area contributed by atoms with Crippen molar-refractivity contribution in [3.05, 3.63) is 58.9 Å². The molecule has 2 N–H and O–H groups in total. The summed E-state index contributed by atoms with van der Waals surface area (Å²) >= 11 is 0. The SMILES string of the molecule is Cc1cc(C(=O)N2CCC(CN)C2)c(C)n1C(C)c1ccccc1.Cl. The molecule has 1 aromatic heterocycles. The van der Waals surface area contributed by atoms with Gasteiger partial charge in [-0.15, -0.1) is 12.4 Å². The number of halogens is 1. The van der Waals surface area contributed by atoms with Crippen molar-refractivity contribution < 1.29 is 4.79 Å². The van der Waals surface area contributed by atoms with Crippen LogP contribution in [0.15, 0.2) is 36.4 Å². The first-order valence-corrected chi connectivity index (χ1v) is 8.75. The summed E-state index contributed by atoms with van der Waals surface area (Å²) in [6, 6.07) is 12.7. The Labute approximate surface area is 156 Å². The molecule has 3 rings (SSSR count). The molecule has 0 spiro atoms. The summed E-state index contributed by atoms with van der Waals surface area (Å²) in [7, 11) is 0. The van der Waals surface area contributed by atoms with Crippen LogP contribution in [0.1, 0.15) is 46.7 Å². The monoisotopic (exact) mass is 361 g/mol. The number of likely N-dealkylation sites (tertiary alicyclic amines) is 1. The smallest absolute Gasteiger partial charge is 0.255 e. The molecule has 5 heteroatoms. The van der Waals surface area contributed by atoms with Crippen LogP contribution in [-0.2, 0) is 0 Å². The number of nitrogens with two attached hydrogens (primary N) is 1. The van der Waals surface area contributed by atoms with Gasteiger partial charge in [0.15, 0.2) is 0 Å². The third kappa shape index (κ3) is 3.75. The summed E-state index contributed by atoms with van der Waals surface area (Å²) in [5, 5.41) is 0. The van der Waals surface area contributed by atoms with Gasteiger partial charge in [0.2, 0.25) is 0 Å². The van der Waals surface area contributed by atoms with Crippen LogP contribution >= 0.6 is 12.4 Å². The van der Waals surface area contributed by atoms with Crippen LogP contribution in [0.5, 0.6) is 0 Å². The molecule has 4 nitrogen and oxygen atoms in total. The van der Waals surface area contributed by atoms with Crippen molar-refractivity contribution in [1.82, 2.24) is 9.47 Å². The first-order chi connectivity index (χ1) is 11.5. The topological polar surface area (TPSA) is 51.3 Å². The Morgan fingerprint density at radius 2 is 1.96 bits per heavy atom. The van der Waals surface area contributed by atoms with Crippen LogP contribution in [-0.4, -0.2) is 35.0 Å². The van der Waals surface area contributed by atoms with Gasteiger partial charge in [-0.25, -0.2) is 0 Å². The summed E-state index contributed by atoms with van der Waals surface area (Å²) in [6.07, 6.45) is 1.02. The van der Waals surface area contributed by atoms with Crippen LogP contribution in [0.25, 0.3) is 0 Å². The third-order valence-electron chi connectivity index (χ3n) is 5.29. The molecule has 2 heterocycles. The zero-order valence-electron chi connectivity index (χ0n) is 15.2. The Kier molecular flexibility index (Phi) is 6.31. The van der Waals surface area contributed by atoms with E-state index in [1.54, 1.807) is 0 Å². The van der Waals surface area contributed by atoms with E-state index in [4.69, 9.17) is 5.73 Å². The van der Waals surface area contributed by atoms with E-state index in [-0.39, 0.29) is 24.4 Å². The Morgan fingerprint density at radius 3 is 2.56 bits per heavy atom. The Balaban J connectivity index is 0.00000225. The highest BCUT2D eigenvalue weighted by Gasteiger charge is 2.28. The Morgan fingerprint density at radius 1 is 1.28 bits per heavy atom. The number of aryl methyl sites for hydroxylation is 1. The van der Waals surface area contributed by atoms with Gasteiger partial charge in [-0.3, -0.25) is 4.79 Å². The van der Waals surface area contributed by atoms with Crippen molar-refractivity contribution in [2.45, 2.75) is 33.2 Å². The van der Waals surface area contributed by atoms with Crippen LogP contribution in [0, 0.1) is 19.8 Å². The molecule has 1 aromatic carbocycles. The van der Waals surface area contributed by atoms with E-state index in [1.807, 2.05) is 17.0 Å². The maximum atomic E-state index is 12.9. The molecular formula is C20H28ClN3O. The number of carbonyl (C=O) groups excluding carboxylic acids is 1. The molecular weight excluding hydrogens is 334 g/mol. The number of aromatic nitrogens is 1. The lowest BCUT2D eigenvalue weighted by molar-refractivity contribution is 0.0787. The maximum Gasteiger partial charge on any atom is 0.255 e. The van der Waals surface area contributed by atoms with E-state index in [0.29, 0.717) is 12.5 Å². The highest BCUT2D eigenvalue weighted by molar-refractivity contribution is 5.96. The van der Waals surface area contributed by atoms with Crippen molar-refractivity contribution in [1.29, 1.82) is 0 Å². The quantitative estimate of drug-likeness (QED) is 0.905. The minimum absolute atomic E-state index is 0. The zero-order chi connectivity index (χ0) is 17.3. The molecule has 2 aromatic rings. The molecule has 1 saturated heterocycles. The van der Waals surface area contributed by atoms with Gasteiger partial charge in [0.1, 0.15) is 0 Å². The molecule has 2 unspecified atom stereocenters. The fraction of sp³-hybridized carbons (Fsp3) is 0.450. The van der Waals surface area contributed by atoms with E-state index >= 15 is 0 Å². The summed E-state index contributed by atoms with van der Waals surface area (Å²) in [4.78, 5) is 14.9. The molecule has 0 aliphatic carbocycles. The van der Waals surface area contributed by atoms with Gasteiger partial charge in [0.05, 0.1) is 11.6 Å². The highest BCUT2D eigenvalue weighted by Crippen LogP contribution is 2.27. The van der Waals surface area contributed by atoms with Crippen molar-refractivity contribution in [2.24, 2.45) is 11.7 Å². The largest absolute Gasteiger partial charge is 0.341 e. The summed E-state index contributed by atoms with van der Waals surface area (Å²) in [5.74, 6) is 0.589. The number of hydrogen-bond donors (Lipinski definition) is 1. The second-order valence-electron chi connectivity index (χ2n) is 6.88. The van der Waals surface area contributed by atoms with Crippen LogP contribution in [0.3, 0.4) is 0 Å². The van der Waals surface area contributed by atoms with Crippen molar-refractivity contribution in [2.75, 3.05) is 19.6 Å². The van der Waals surface area contributed by atoms with E-state index in [9.17, 15) is 4.79 Å². The van der Waals surface area contributed by atoms with Gasteiger partial charge < -0.3 is 15.2 Å². The molecule has 1 aliphatic rings. The van der Waals surface area contributed by atoms with E-state index < -0.39 is 0 Å². The molecule has 0 radical (unpaired) electrons. The lowest BCUT2D eigenvalue weighted by Gasteiger charge is -2.20. The van der Waals surface area contributed by atoms with Crippen LogP contribution in [0.2, 0.25) is 0 Å². The number of hydrogen-bond acceptors (Lipinski definition) is 2. The molecule has 1 amide bonds. The number of benzene rings is 1. The summed E-state index contributed by atoms with van der Waals surface area (Å²) in [6.45, 7) is 8.58. The number of rotatable bonds is 4. The van der Waals surface area contributed by atoms with E-state index in [2.05, 4.69) is 49.6 Å². The first-order valence-electron chi connectivity index (χ1n) is 8.75. The minimum atomic E-state index is 0. The van der Waals surface area contributed by atoms with Crippen molar-refractivity contribution >= 4 is 18.3 Å². The lowest BCUT2D eigenvalue weighted by Crippen LogP contribution is -2.30. The summed E-state index contributed by atoms with van der Waals surface area (Å²) in [5.41, 5.74) is 10.0.